The Labute approximate surface area is 169 Å². The normalized spacial score (nSPS) is 12.5. The third-order valence-electron chi connectivity index (χ3n) is 3.86. The Hall–Kier alpha value is -3.37. The molecule has 0 aromatic heterocycles. The Balaban J connectivity index is 2.07. The average molecular weight is 431 g/mol. The number of nitrogens with zero attached hydrogens (tertiary/aromatic N) is 1. The first-order valence-corrected chi connectivity index (χ1v) is 11.2. The maximum atomic E-state index is 12.8. The first kappa shape index (κ1) is 20.4. The van der Waals surface area contributed by atoms with Crippen molar-refractivity contribution < 1.29 is 16.8 Å². The van der Waals surface area contributed by atoms with Gasteiger partial charge in [0.05, 0.1) is 9.79 Å². The largest absolute Gasteiger partial charge is 0.399 e. The third kappa shape index (κ3) is 4.92. The van der Waals surface area contributed by atoms with Gasteiger partial charge in [0.1, 0.15) is 0 Å². The Kier molecular flexibility index (Phi) is 5.57. The topological polar surface area (TPSA) is 145 Å². The van der Waals surface area contributed by atoms with E-state index in [9.17, 15) is 16.8 Å². The highest BCUT2D eigenvalue weighted by Crippen LogP contribution is 2.17. The van der Waals surface area contributed by atoms with Gasteiger partial charge in [-0.1, -0.05) is 30.3 Å². The van der Waals surface area contributed by atoms with Gasteiger partial charge in [-0.3, -0.25) is 4.72 Å². The van der Waals surface area contributed by atoms with Crippen LogP contribution in [0.3, 0.4) is 0 Å². The molecule has 0 atom stereocenters. The van der Waals surface area contributed by atoms with Crippen molar-refractivity contribution in [1.82, 2.24) is 4.72 Å². The molecule has 3 aromatic carbocycles. The summed E-state index contributed by atoms with van der Waals surface area (Å²) in [5, 5.41) is 0. The van der Waals surface area contributed by atoms with Crippen molar-refractivity contribution in [3.8, 4) is 0 Å². The minimum Gasteiger partial charge on any atom is -0.399 e. The van der Waals surface area contributed by atoms with Crippen molar-refractivity contribution in [3.63, 3.8) is 0 Å². The number of nitrogen functional groups attached to an aromatic ring is 2. The van der Waals surface area contributed by atoms with Crippen molar-refractivity contribution >= 4 is 37.3 Å². The van der Waals surface area contributed by atoms with Gasteiger partial charge in [-0.15, -0.1) is 4.40 Å². The van der Waals surface area contributed by atoms with Gasteiger partial charge >= 0.3 is 0 Å². The molecule has 10 heteroatoms. The fraction of sp³-hybridized carbons (Fsp3) is 0. The molecule has 29 heavy (non-hydrogen) atoms. The summed E-state index contributed by atoms with van der Waals surface area (Å²) in [7, 11) is -8.31. The second-order valence-corrected chi connectivity index (χ2v) is 9.31. The number of anilines is 2. The lowest BCUT2D eigenvalue weighted by Crippen LogP contribution is -2.32. The van der Waals surface area contributed by atoms with Crippen molar-refractivity contribution in [2.75, 3.05) is 11.5 Å². The van der Waals surface area contributed by atoms with Crippen LogP contribution >= 0.6 is 0 Å². The van der Waals surface area contributed by atoms with E-state index in [1.165, 1.54) is 48.5 Å². The molecule has 0 radical (unpaired) electrons. The quantitative estimate of drug-likeness (QED) is 0.321. The minimum atomic E-state index is -4.20. The number of nitrogens with one attached hydrogen (secondary N) is 1. The van der Waals surface area contributed by atoms with Crippen molar-refractivity contribution in [2.45, 2.75) is 9.79 Å². The highest BCUT2D eigenvalue weighted by atomic mass is 32.2. The summed E-state index contributed by atoms with van der Waals surface area (Å²) < 4.78 is 56.9. The number of rotatable bonds is 5. The second kappa shape index (κ2) is 7.94. The highest BCUT2D eigenvalue weighted by molar-refractivity contribution is 7.91. The summed E-state index contributed by atoms with van der Waals surface area (Å²) in [6, 6.07) is 19.0. The van der Waals surface area contributed by atoms with E-state index in [0.717, 1.165) is 0 Å². The predicted molar refractivity (Wildman–Crippen MR) is 112 cm³/mol. The lowest BCUT2D eigenvalue weighted by molar-refractivity contribution is 0.592. The molecule has 8 nitrogen and oxygen atoms in total. The monoisotopic (exact) mass is 430 g/mol. The van der Waals surface area contributed by atoms with Gasteiger partial charge in [-0.2, -0.15) is 8.42 Å². The van der Waals surface area contributed by atoms with E-state index in [1.807, 2.05) is 0 Å². The highest BCUT2D eigenvalue weighted by Gasteiger charge is 2.21. The molecule has 0 bridgehead atoms. The maximum Gasteiger partial charge on any atom is 0.284 e. The standard InChI is InChI=1S/C19H18N4O4S2/c20-15-6-10-17(11-7-15)28(24,25)22-19(14-4-2-1-3-5-14)23-29(26,27)18-12-8-16(21)9-13-18/h1-13H,20-21H2,(H,22,23). The van der Waals surface area contributed by atoms with E-state index in [-0.39, 0.29) is 21.2 Å². The lowest BCUT2D eigenvalue weighted by Gasteiger charge is -2.12. The third-order valence-corrected chi connectivity index (χ3v) is 6.50. The Morgan fingerprint density at radius 1 is 0.690 bits per heavy atom. The molecule has 0 aliphatic heterocycles. The van der Waals surface area contributed by atoms with E-state index < -0.39 is 20.0 Å². The van der Waals surface area contributed by atoms with E-state index in [2.05, 4.69) is 9.12 Å². The van der Waals surface area contributed by atoms with Crippen molar-refractivity contribution in [3.05, 3.63) is 84.4 Å². The molecule has 0 aliphatic carbocycles. The van der Waals surface area contributed by atoms with Crippen LogP contribution in [0.15, 0.2) is 93.1 Å². The smallest absolute Gasteiger partial charge is 0.284 e. The maximum absolute atomic E-state index is 12.8. The Morgan fingerprint density at radius 2 is 1.17 bits per heavy atom. The van der Waals surface area contributed by atoms with Gasteiger partial charge in [0.15, 0.2) is 5.84 Å². The van der Waals surface area contributed by atoms with Crippen LogP contribution in [0, 0.1) is 0 Å². The Bertz CT molecular complexity index is 1240. The van der Waals surface area contributed by atoms with Gasteiger partial charge in [0.25, 0.3) is 20.0 Å². The van der Waals surface area contributed by atoms with Crippen LogP contribution in [0.4, 0.5) is 11.4 Å². The van der Waals surface area contributed by atoms with E-state index >= 15 is 0 Å². The number of hydrogen-bond donors (Lipinski definition) is 3. The summed E-state index contributed by atoms with van der Waals surface area (Å²) in [5.41, 5.74) is 12.2. The summed E-state index contributed by atoms with van der Waals surface area (Å²) in [5.74, 6) is -0.334. The molecule has 3 rings (SSSR count). The van der Waals surface area contributed by atoms with Crippen LogP contribution in [-0.2, 0) is 20.0 Å². The van der Waals surface area contributed by atoms with Crippen molar-refractivity contribution in [1.29, 1.82) is 0 Å². The van der Waals surface area contributed by atoms with E-state index in [0.29, 0.717) is 11.4 Å². The van der Waals surface area contributed by atoms with Crippen LogP contribution in [0.5, 0.6) is 0 Å². The SMILES string of the molecule is Nc1ccc(S(=O)(=O)N=C(NS(=O)(=O)c2ccc(N)cc2)c2ccccc2)cc1. The molecule has 3 aromatic rings. The minimum absolute atomic E-state index is 0.0831. The zero-order valence-electron chi connectivity index (χ0n) is 15.1. The summed E-state index contributed by atoms with van der Waals surface area (Å²) in [6.45, 7) is 0. The summed E-state index contributed by atoms with van der Waals surface area (Å²) in [4.78, 5) is -0.202. The second-order valence-electron chi connectivity index (χ2n) is 6.02. The molecule has 0 unspecified atom stereocenters. The first-order chi connectivity index (χ1) is 13.7. The fourth-order valence-corrected chi connectivity index (χ4v) is 4.44. The van der Waals surface area contributed by atoms with Crippen LogP contribution in [0.25, 0.3) is 0 Å². The van der Waals surface area contributed by atoms with Gasteiger partial charge in [0, 0.05) is 16.9 Å². The molecule has 0 amide bonds. The Morgan fingerprint density at radius 3 is 1.69 bits per heavy atom. The number of benzene rings is 3. The molecule has 0 aliphatic rings. The van der Waals surface area contributed by atoms with Gasteiger partial charge in [-0.05, 0) is 48.5 Å². The summed E-state index contributed by atoms with van der Waals surface area (Å²) in [6.07, 6.45) is 0. The number of hydrogen-bond acceptors (Lipinski definition) is 6. The van der Waals surface area contributed by atoms with Crippen LogP contribution < -0.4 is 16.2 Å². The molecule has 0 saturated carbocycles. The van der Waals surface area contributed by atoms with Gasteiger partial charge < -0.3 is 11.5 Å². The molecule has 0 heterocycles. The van der Waals surface area contributed by atoms with Crippen LogP contribution in [0.2, 0.25) is 0 Å². The van der Waals surface area contributed by atoms with E-state index in [4.69, 9.17) is 11.5 Å². The molecule has 150 valence electrons. The molecule has 0 spiro atoms. The first-order valence-electron chi connectivity index (χ1n) is 8.32. The fourth-order valence-electron chi connectivity index (χ4n) is 2.37. The molecular weight excluding hydrogens is 412 g/mol. The lowest BCUT2D eigenvalue weighted by atomic mass is 10.2. The zero-order valence-corrected chi connectivity index (χ0v) is 16.7. The molecule has 5 N–H and O–H groups in total. The molecule has 0 fully saturated rings. The number of amidine groups is 1. The number of sulfonamides is 2. The molecular formula is C19H18N4O4S2. The van der Waals surface area contributed by atoms with E-state index in [1.54, 1.807) is 30.3 Å². The number of nitrogens with two attached hydrogens (primary N) is 2. The van der Waals surface area contributed by atoms with Crippen LogP contribution in [-0.4, -0.2) is 22.7 Å². The van der Waals surface area contributed by atoms with Crippen molar-refractivity contribution in [2.24, 2.45) is 4.40 Å². The average Bonchev–Trinajstić information content (AvgIpc) is 2.68. The van der Waals surface area contributed by atoms with Gasteiger partial charge in [-0.25, -0.2) is 8.42 Å². The molecule has 0 saturated heterocycles. The predicted octanol–water partition coefficient (Wildman–Crippen LogP) is 1.96. The van der Waals surface area contributed by atoms with Gasteiger partial charge in [0.2, 0.25) is 0 Å². The summed E-state index contributed by atoms with van der Waals surface area (Å²) >= 11 is 0. The van der Waals surface area contributed by atoms with Crippen LogP contribution in [0.1, 0.15) is 5.56 Å². The zero-order chi connectivity index (χ0) is 21.1.